The van der Waals surface area contributed by atoms with Crippen molar-refractivity contribution in [2.24, 2.45) is 0 Å². The molecule has 0 aromatic heterocycles. The largest absolute Gasteiger partial charge is 0.484 e. The van der Waals surface area contributed by atoms with Gasteiger partial charge in [-0.15, -0.1) is 0 Å². The van der Waals surface area contributed by atoms with Crippen molar-refractivity contribution >= 4 is 5.69 Å². The molecular formula is C11H15NO2. The lowest BCUT2D eigenvalue weighted by atomic mass is 10.1. The Balaban J connectivity index is 2.35. The van der Waals surface area contributed by atoms with Crippen LogP contribution in [0.2, 0.25) is 0 Å². The molecule has 1 aromatic carbocycles. The van der Waals surface area contributed by atoms with Crippen LogP contribution in [0.25, 0.3) is 0 Å². The molecule has 1 aromatic rings. The lowest BCUT2D eigenvalue weighted by molar-refractivity contribution is 0.113. The Labute approximate surface area is 83.9 Å². The van der Waals surface area contributed by atoms with Crippen molar-refractivity contribution in [2.45, 2.75) is 13.0 Å². The number of aliphatic hydroxyl groups is 1. The second-order valence-electron chi connectivity index (χ2n) is 3.77. The zero-order valence-corrected chi connectivity index (χ0v) is 8.53. The minimum atomic E-state index is -0.102. The molecule has 1 N–H and O–H groups in total. The van der Waals surface area contributed by atoms with Crippen LogP contribution in [0, 0.1) is 6.92 Å². The molecule has 1 heterocycles. The number of rotatable bonds is 1. The van der Waals surface area contributed by atoms with Gasteiger partial charge in [0.1, 0.15) is 11.9 Å². The highest BCUT2D eigenvalue weighted by molar-refractivity contribution is 5.61. The maximum Gasteiger partial charge on any atom is 0.143 e. The van der Waals surface area contributed by atoms with Crippen LogP contribution < -0.4 is 9.64 Å². The molecule has 0 bridgehead atoms. The number of anilines is 1. The third-order valence-corrected chi connectivity index (χ3v) is 2.50. The van der Waals surface area contributed by atoms with Crippen LogP contribution >= 0.6 is 0 Å². The van der Waals surface area contributed by atoms with Crippen LogP contribution in [0.5, 0.6) is 5.75 Å². The normalized spacial score (nSPS) is 20.2. The van der Waals surface area contributed by atoms with E-state index in [0.29, 0.717) is 0 Å². The molecule has 1 aliphatic heterocycles. The van der Waals surface area contributed by atoms with Crippen molar-refractivity contribution in [2.75, 3.05) is 25.1 Å². The fourth-order valence-electron chi connectivity index (χ4n) is 1.74. The summed E-state index contributed by atoms with van der Waals surface area (Å²) in [7, 11) is 2.02. The number of hydrogen-bond donors (Lipinski definition) is 1. The van der Waals surface area contributed by atoms with E-state index in [4.69, 9.17) is 9.84 Å². The van der Waals surface area contributed by atoms with Crippen molar-refractivity contribution in [1.82, 2.24) is 0 Å². The number of nitrogens with zero attached hydrogens (tertiary/aromatic N) is 1. The molecule has 0 radical (unpaired) electrons. The number of likely N-dealkylation sites (N-methyl/N-ethyl adjacent to an activating group) is 1. The Morgan fingerprint density at radius 3 is 3.07 bits per heavy atom. The van der Waals surface area contributed by atoms with Crippen molar-refractivity contribution in [3.05, 3.63) is 23.8 Å². The molecule has 1 unspecified atom stereocenters. The Kier molecular flexibility index (Phi) is 2.33. The van der Waals surface area contributed by atoms with Crippen molar-refractivity contribution in [3.63, 3.8) is 0 Å². The molecule has 1 aliphatic rings. The van der Waals surface area contributed by atoms with E-state index in [1.807, 2.05) is 19.2 Å². The highest BCUT2D eigenvalue weighted by atomic mass is 16.5. The molecule has 0 amide bonds. The van der Waals surface area contributed by atoms with Crippen LogP contribution in [0.1, 0.15) is 5.56 Å². The lowest BCUT2D eigenvalue weighted by Crippen LogP contribution is -2.39. The Morgan fingerprint density at radius 2 is 2.36 bits per heavy atom. The summed E-state index contributed by atoms with van der Waals surface area (Å²) in [5.74, 6) is 0.864. The number of aryl methyl sites for hydroxylation is 1. The van der Waals surface area contributed by atoms with Gasteiger partial charge in [0.05, 0.1) is 18.8 Å². The van der Waals surface area contributed by atoms with E-state index < -0.39 is 0 Å². The molecule has 0 aliphatic carbocycles. The smallest absolute Gasteiger partial charge is 0.143 e. The van der Waals surface area contributed by atoms with Gasteiger partial charge in [0, 0.05) is 7.05 Å². The highest BCUT2D eigenvalue weighted by Gasteiger charge is 2.22. The first kappa shape index (κ1) is 9.34. The maximum absolute atomic E-state index is 9.04. The molecule has 1 atom stereocenters. The minimum absolute atomic E-state index is 0.0671. The number of ether oxygens (including phenoxy) is 1. The van der Waals surface area contributed by atoms with Gasteiger partial charge in [0.2, 0.25) is 0 Å². The number of aliphatic hydroxyl groups excluding tert-OH is 1. The van der Waals surface area contributed by atoms with Crippen LogP contribution in [0.4, 0.5) is 5.69 Å². The maximum atomic E-state index is 9.04. The monoisotopic (exact) mass is 193 g/mol. The molecule has 2 rings (SSSR count). The summed E-state index contributed by atoms with van der Waals surface area (Å²) in [5, 5.41) is 9.04. The molecule has 0 saturated heterocycles. The van der Waals surface area contributed by atoms with Gasteiger partial charge in [-0.3, -0.25) is 0 Å². The van der Waals surface area contributed by atoms with Crippen molar-refractivity contribution < 1.29 is 9.84 Å². The zero-order valence-electron chi connectivity index (χ0n) is 8.53. The number of hydrogen-bond acceptors (Lipinski definition) is 3. The Morgan fingerprint density at radius 1 is 1.57 bits per heavy atom. The van der Waals surface area contributed by atoms with Gasteiger partial charge in [0.25, 0.3) is 0 Å². The van der Waals surface area contributed by atoms with Crippen LogP contribution in [0.15, 0.2) is 18.2 Å². The predicted octanol–water partition coefficient (Wildman–Crippen LogP) is 1.18. The first-order valence-corrected chi connectivity index (χ1v) is 4.80. The molecule has 0 saturated carbocycles. The zero-order chi connectivity index (χ0) is 10.1. The molecule has 76 valence electrons. The second-order valence-corrected chi connectivity index (χ2v) is 3.77. The summed E-state index contributed by atoms with van der Waals surface area (Å²) in [5.41, 5.74) is 2.33. The third kappa shape index (κ3) is 1.55. The molecular weight excluding hydrogens is 178 g/mol. The fourth-order valence-corrected chi connectivity index (χ4v) is 1.74. The SMILES string of the molecule is Cc1ccc2c(c1)N(C)CC(CO)O2. The van der Waals surface area contributed by atoms with Crippen molar-refractivity contribution in [3.8, 4) is 5.75 Å². The summed E-state index contributed by atoms with van der Waals surface area (Å²) in [4.78, 5) is 2.12. The summed E-state index contributed by atoms with van der Waals surface area (Å²) >= 11 is 0. The third-order valence-electron chi connectivity index (χ3n) is 2.50. The van der Waals surface area contributed by atoms with Gasteiger partial charge in [0.15, 0.2) is 0 Å². The topological polar surface area (TPSA) is 32.7 Å². The van der Waals surface area contributed by atoms with E-state index in [-0.39, 0.29) is 12.7 Å². The number of fused-ring (bicyclic) bond motifs is 1. The van der Waals surface area contributed by atoms with Gasteiger partial charge < -0.3 is 14.7 Å². The summed E-state index contributed by atoms with van der Waals surface area (Å²) in [6.07, 6.45) is -0.102. The summed E-state index contributed by atoms with van der Waals surface area (Å²) in [6, 6.07) is 6.08. The average molecular weight is 193 g/mol. The highest BCUT2D eigenvalue weighted by Crippen LogP contribution is 2.32. The van der Waals surface area contributed by atoms with Crippen molar-refractivity contribution in [1.29, 1.82) is 0 Å². The van der Waals surface area contributed by atoms with E-state index in [0.717, 1.165) is 18.0 Å². The Hall–Kier alpha value is -1.22. The van der Waals surface area contributed by atoms with E-state index >= 15 is 0 Å². The van der Waals surface area contributed by atoms with E-state index in [2.05, 4.69) is 17.9 Å². The first-order valence-electron chi connectivity index (χ1n) is 4.80. The fraction of sp³-hybridized carbons (Fsp3) is 0.455. The molecule has 0 spiro atoms. The van der Waals surface area contributed by atoms with Crippen LogP contribution in [-0.2, 0) is 0 Å². The summed E-state index contributed by atoms with van der Waals surface area (Å²) < 4.78 is 5.61. The molecule has 3 nitrogen and oxygen atoms in total. The minimum Gasteiger partial charge on any atom is -0.484 e. The Bertz CT molecular complexity index is 338. The molecule has 14 heavy (non-hydrogen) atoms. The quantitative estimate of drug-likeness (QED) is 0.727. The number of benzene rings is 1. The first-order chi connectivity index (χ1) is 6.70. The van der Waals surface area contributed by atoms with Gasteiger partial charge in [-0.2, -0.15) is 0 Å². The van der Waals surface area contributed by atoms with Gasteiger partial charge in [-0.1, -0.05) is 6.07 Å². The molecule has 0 fully saturated rings. The molecule has 3 heteroatoms. The van der Waals surface area contributed by atoms with E-state index in [1.165, 1.54) is 5.56 Å². The summed E-state index contributed by atoms with van der Waals surface area (Å²) in [6.45, 7) is 2.87. The van der Waals surface area contributed by atoms with E-state index in [1.54, 1.807) is 0 Å². The van der Waals surface area contributed by atoms with Gasteiger partial charge >= 0.3 is 0 Å². The van der Waals surface area contributed by atoms with Crippen LogP contribution in [0.3, 0.4) is 0 Å². The second kappa shape index (κ2) is 3.50. The predicted molar refractivity (Wildman–Crippen MR) is 56.0 cm³/mol. The van der Waals surface area contributed by atoms with Crippen LogP contribution in [-0.4, -0.2) is 31.4 Å². The standard InChI is InChI=1S/C11H15NO2/c1-8-3-4-11-10(5-8)12(2)6-9(7-13)14-11/h3-5,9,13H,6-7H2,1-2H3. The lowest BCUT2D eigenvalue weighted by Gasteiger charge is -2.33. The van der Waals surface area contributed by atoms with E-state index in [9.17, 15) is 0 Å². The van der Waals surface area contributed by atoms with Gasteiger partial charge in [-0.05, 0) is 24.6 Å². The average Bonchev–Trinajstić information content (AvgIpc) is 2.19. The van der Waals surface area contributed by atoms with Gasteiger partial charge in [-0.25, -0.2) is 0 Å².